The minimum absolute atomic E-state index is 0.0343. The van der Waals surface area contributed by atoms with E-state index in [1.54, 1.807) is 6.92 Å². The van der Waals surface area contributed by atoms with E-state index in [0.717, 1.165) is 33.2 Å². The number of nitrogens with zero attached hydrogens (tertiary/aromatic N) is 1. The van der Waals surface area contributed by atoms with Gasteiger partial charge in [0.15, 0.2) is 6.04 Å². The van der Waals surface area contributed by atoms with Gasteiger partial charge < -0.3 is 9.84 Å². The molecular formula is C26H23F2NO4. The number of carbonyl (C=O) groups excluding carboxylic acids is 1. The van der Waals surface area contributed by atoms with Crippen molar-refractivity contribution in [3.8, 4) is 11.1 Å². The highest BCUT2D eigenvalue weighted by Crippen LogP contribution is 2.44. The highest BCUT2D eigenvalue weighted by atomic mass is 19.3. The minimum Gasteiger partial charge on any atom is -0.479 e. The van der Waals surface area contributed by atoms with Crippen LogP contribution in [-0.2, 0) is 9.53 Å². The van der Waals surface area contributed by atoms with Crippen LogP contribution in [0.2, 0.25) is 0 Å². The van der Waals surface area contributed by atoms with Crippen LogP contribution in [0.15, 0.2) is 72.8 Å². The van der Waals surface area contributed by atoms with E-state index in [0.29, 0.717) is 0 Å². The van der Waals surface area contributed by atoms with Crippen LogP contribution in [-0.4, -0.2) is 35.2 Å². The van der Waals surface area contributed by atoms with Crippen LogP contribution < -0.4 is 0 Å². The summed E-state index contributed by atoms with van der Waals surface area (Å²) in [4.78, 5) is 26.1. The van der Waals surface area contributed by atoms with Crippen LogP contribution in [0.1, 0.15) is 47.6 Å². The van der Waals surface area contributed by atoms with E-state index in [4.69, 9.17) is 4.74 Å². The van der Waals surface area contributed by atoms with Crippen molar-refractivity contribution in [2.45, 2.75) is 25.3 Å². The lowest BCUT2D eigenvalue weighted by molar-refractivity contribution is -0.143. The quantitative estimate of drug-likeness (QED) is 0.477. The second kappa shape index (κ2) is 9.40. The fourth-order valence-electron chi connectivity index (χ4n) is 4.41. The third-order valence-corrected chi connectivity index (χ3v) is 5.94. The van der Waals surface area contributed by atoms with Gasteiger partial charge in [0.25, 0.3) is 6.43 Å². The molecule has 1 unspecified atom stereocenters. The molecule has 1 amide bonds. The molecule has 3 aromatic rings. The number of carboxylic acids is 1. The number of benzene rings is 3. The van der Waals surface area contributed by atoms with Gasteiger partial charge in [-0.25, -0.2) is 18.4 Å². The Balaban J connectivity index is 1.57. The van der Waals surface area contributed by atoms with Crippen LogP contribution in [0.25, 0.3) is 11.1 Å². The molecule has 1 aliphatic carbocycles. The number of amides is 1. The van der Waals surface area contributed by atoms with Gasteiger partial charge in [0.05, 0.1) is 0 Å². The molecule has 0 aromatic heterocycles. The molecule has 5 nitrogen and oxygen atoms in total. The summed E-state index contributed by atoms with van der Waals surface area (Å²) < 4.78 is 31.9. The zero-order chi connectivity index (χ0) is 23.5. The van der Waals surface area contributed by atoms with Crippen LogP contribution in [0.5, 0.6) is 0 Å². The summed E-state index contributed by atoms with van der Waals surface area (Å²) in [5.41, 5.74) is 4.02. The third-order valence-electron chi connectivity index (χ3n) is 5.94. The summed E-state index contributed by atoms with van der Waals surface area (Å²) in [5.74, 6) is -1.50. The summed E-state index contributed by atoms with van der Waals surface area (Å²) in [5, 5.41) is 9.81. The van der Waals surface area contributed by atoms with Crippen LogP contribution in [0.3, 0.4) is 0 Å². The molecule has 0 saturated carbocycles. The standard InChI is InChI=1S/C26H23F2NO4/c1-2-29(23(25(30)31)16-8-7-9-17(14-16)24(27)28)26(32)33-15-22-20-12-5-3-10-18(20)19-11-4-6-13-21(19)22/h3-14,22-24H,2,15H2,1H3,(H,30,31). The van der Waals surface area contributed by atoms with E-state index in [-0.39, 0.29) is 30.2 Å². The number of aliphatic carboxylic acids is 1. The Bertz CT molecular complexity index is 1130. The van der Waals surface area contributed by atoms with Gasteiger partial charge in [0.2, 0.25) is 0 Å². The highest BCUT2D eigenvalue weighted by Gasteiger charge is 2.34. The second-order valence-electron chi connectivity index (χ2n) is 7.80. The van der Waals surface area contributed by atoms with Gasteiger partial charge in [-0.05, 0) is 40.8 Å². The molecule has 4 rings (SSSR count). The number of halogens is 2. The zero-order valence-corrected chi connectivity index (χ0v) is 17.9. The van der Waals surface area contributed by atoms with Crippen molar-refractivity contribution in [2.24, 2.45) is 0 Å². The third kappa shape index (κ3) is 4.31. The number of alkyl halides is 2. The second-order valence-corrected chi connectivity index (χ2v) is 7.80. The largest absolute Gasteiger partial charge is 0.479 e. The van der Waals surface area contributed by atoms with Crippen molar-refractivity contribution in [1.29, 1.82) is 0 Å². The van der Waals surface area contributed by atoms with Crippen LogP contribution >= 0.6 is 0 Å². The van der Waals surface area contributed by atoms with Crippen LogP contribution in [0, 0.1) is 0 Å². The van der Waals surface area contributed by atoms with Gasteiger partial charge in [0.1, 0.15) is 6.61 Å². The lowest BCUT2D eigenvalue weighted by Crippen LogP contribution is -2.39. The van der Waals surface area contributed by atoms with E-state index in [9.17, 15) is 23.5 Å². The number of carbonyl (C=O) groups is 2. The number of fused-ring (bicyclic) bond motifs is 3. The molecule has 33 heavy (non-hydrogen) atoms. The van der Waals surface area contributed by atoms with Gasteiger partial charge in [-0.15, -0.1) is 0 Å². The van der Waals surface area contributed by atoms with Gasteiger partial charge in [-0.2, -0.15) is 0 Å². The average Bonchev–Trinajstić information content (AvgIpc) is 3.14. The molecule has 1 aliphatic rings. The number of hydrogen-bond donors (Lipinski definition) is 1. The van der Waals surface area contributed by atoms with Gasteiger partial charge in [-0.3, -0.25) is 4.90 Å². The van der Waals surface area contributed by atoms with E-state index in [2.05, 4.69) is 0 Å². The summed E-state index contributed by atoms with van der Waals surface area (Å²) >= 11 is 0. The molecule has 0 spiro atoms. The molecule has 3 aromatic carbocycles. The van der Waals surface area contributed by atoms with Crippen molar-refractivity contribution in [1.82, 2.24) is 4.90 Å². The maximum absolute atomic E-state index is 13.1. The monoisotopic (exact) mass is 451 g/mol. The molecule has 0 heterocycles. The van der Waals surface area contributed by atoms with Gasteiger partial charge >= 0.3 is 12.1 Å². The van der Waals surface area contributed by atoms with Crippen molar-refractivity contribution < 1.29 is 28.2 Å². The molecule has 7 heteroatoms. The summed E-state index contributed by atoms with van der Waals surface area (Å²) in [6, 6.07) is 19.4. The predicted octanol–water partition coefficient (Wildman–Crippen LogP) is 6.02. The maximum Gasteiger partial charge on any atom is 0.410 e. The van der Waals surface area contributed by atoms with Crippen molar-refractivity contribution in [3.63, 3.8) is 0 Å². The Labute approximate surface area is 190 Å². The number of carboxylic acid groups (broad SMARTS) is 1. The highest BCUT2D eigenvalue weighted by molar-refractivity contribution is 5.82. The normalized spacial score (nSPS) is 13.3. The Morgan fingerprint density at radius 2 is 1.52 bits per heavy atom. The first-order valence-electron chi connectivity index (χ1n) is 10.6. The number of ether oxygens (including phenoxy) is 1. The molecule has 0 fully saturated rings. The van der Waals surface area contributed by atoms with E-state index < -0.39 is 24.5 Å². The molecule has 1 N–H and O–H groups in total. The van der Waals surface area contributed by atoms with Crippen LogP contribution in [0.4, 0.5) is 13.6 Å². The fraction of sp³-hybridized carbons (Fsp3) is 0.231. The fourth-order valence-corrected chi connectivity index (χ4v) is 4.41. The topological polar surface area (TPSA) is 66.8 Å². The predicted molar refractivity (Wildman–Crippen MR) is 119 cm³/mol. The van der Waals surface area contributed by atoms with Crippen molar-refractivity contribution in [3.05, 3.63) is 95.1 Å². The molecule has 0 radical (unpaired) electrons. The lowest BCUT2D eigenvalue weighted by atomic mass is 9.98. The van der Waals surface area contributed by atoms with E-state index in [1.807, 2.05) is 48.5 Å². The molecule has 0 saturated heterocycles. The first-order valence-corrected chi connectivity index (χ1v) is 10.6. The number of likely N-dealkylation sites (N-methyl/N-ethyl adjacent to an activating group) is 1. The maximum atomic E-state index is 13.1. The van der Waals surface area contributed by atoms with Gasteiger partial charge in [0, 0.05) is 18.0 Å². The number of rotatable bonds is 7. The van der Waals surface area contributed by atoms with Crippen molar-refractivity contribution >= 4 is 12.1 Å². The molecular weight excluding hydrogens is 428 g/mol. The minimum atomic E-state index is -2.75. The Morgan fingerprint density at radius 3 is 2.06 bits per heavy atom. The SMILES string of the molecule is CCN(C(=O)OCC1c2ccccc2-c2ccccc21)C(C(=O)O)c1cccc(C(F)F)c1. The Morgan fingerprint density at radius 1 is 0.939 bits per heavy atom. The zero-order valence-electron chi connectivity index (χ0n) is 17.9. The first-order chi connectivity index (χ1) is 15.9. The first kappa shape index (κ1) is 22.5. The molecule has 0 bridgehead atoms. The Kier molecular flexibility index (Phi) is 6.40. The molecule has 170 valence electrons. The lowest BCUT2D eigenvalue weighted by Gasteiger charge is -2.28. The molecule has 1 atom stereocenters. The Hall–Kier alpha value is -3.74. The number of hydrogen-bond acceptors (Lipinski definition) is 3. The van der Waals surface area contributed by atoms with Crippen molar-refractivity contribution in [2.75, 3.05) is 13.2 Å². The van der Waals surface area contributed by atoms with Gasteiger partial charge in [-0.1, -0.05) is 66.7 Å². The summed E-state index contributed by atoms with van der Waals surface area (Å²) in [6.07, 6.45) is -3.56. The summed E-state index contributed by atoms with van der Waals surface area (Å²) in [6.45, 7) is 1.69. The van der Waals surface area contributed by atoms with E-state index in [1.165, 1.54) is 18.2 Å². The summed E-state index contributed by atoms with van der Waals surface area (Å²) in [7, 11) is 0. The smallest absolute Gasteiger partial charge is 0.410 e. The average molecular weight is 451 g/mol. The van der Waals surface area contributed by atoms with E-state index >= 15 is 0 Å². The molecule has 0 aliphatic heterocycles.